The molecule has 112 valence electrons. The van der Waals surface area contributed by atoms with Gasteiger partial charge in [0, 0.05) is 30.3 Å². The van der Waals surface area contributed by atoms with Crippen molar-refractivity contribution in [3.63, 3.8) is 0 Å². The van der Waals surface area contributed by atoms with E-state index in [2.05, 4.69) is 37.8 Å². The Morgan fingerprint density at radius 3 is 2.52 bits per heavy atom. The minimum atomic E-state index is 0.101. The summed E-state index contributed by atoms with van der Waals surface area (Å²) in [5.41, 5.74) is 6.96. The second-order valence-electron chi connectivity index (χ2n) is 5.80. The summed E-state index contributed by atoms with van der Waals surface area (Å²) in [5, 5.41) is 0. The van der Waals surface area contributed by atoms with Crippen LogP contribution in [0.4, 0.5) is 0 Å². The highest BCUT2D eigenvalue weighted by molar-refractivity contribution is 5.94. The maximum Gasteiger partial charge on any atom is 0.253 e. The van der Waals surface area contributed by atoms with Gasteiger partial charge < -0.3 is 15.5 Å². The third kappa shape index (κ3) is 3.63. The lowest BCUT2D eigenvalue weighted by molar-refractivity contribution is 0.0781. The van der Waals surface area contributed by atoms with E-state index in [-0.39, 0.29) is 5.91 Å². The Kier molecular flexibility index (Phi) is 5.00. The molecule has 0 spiro atoms. The second-order valence-corrected chi connectivity index (χ2v) is 5.80. The van der Waals surface area contributed by atoms with Gasteiger partial charge in [0.05, 0.1) is 6.54 Å². The Bertz CT molecular complexity index is 554. The predicted molar refractivity (Wildman–Crippen MR) is 84.9 cm³/mol. The molecule has 2 N–H and O–H groups in total. The van der Waals surface area contributed by atoms with Gasteiger partial charge in [0.15, 0.2) is 0 Å². The number of nitrogens with two attached hydrogens (primary N) is 1. The average molecular weight is 285 g/mol. The number of carbonyl (C=O) groups is 1. The zero-order valence-corrected chi connectivity index (χ0v) is 13.0. The molecule has 1 aliphatic rings. The van der Waals surface area contributed by atoms with Crippen molar-refractivity contribution in [2.45, 2.75) is 13.0 Å². The van der Waals surface area contributed by atoms with Crippen molar-refractivity contribution in [2.75, 3.05) is 33.7 Å². The molecule has 2 atom stereocenters. The largest absolute Gasteiger partial charge is 0.337 e. The van der Waals surface area contributed by atoms with Crippen molar-refractivity contribution in [2.24, 2.45) is 11.7 Å². The molecule has 1 heterocycles. The molecule has 0 bridgehead atoms. The van der Waals surface area contributed by atoms with Crippen LogP contribution in [0.2, 0.25) is 0 Å². The van der Waals surface area contributed by atoms with Crippen molar-refractivity contribution < 1.29 is 4.79 Å². The standard InChI is InChI=1S/C17H23N3O/c1-13-11-20(12-16(13)19(2)3)17(21)15-8-6-14(7-9-15)5-4-10-18/h6-9,13,16H,10-12,18H2,1-3H3. The highest BCUT2D eigenvalue weighted by atomic mass is 16.2. The van der Waals surface area contributed by atoms with E-state index in [1.165, 1.54) is 0 Å². The van der Waals surface area contributed by atoms with E-state index in [0.29, 0.717) is 18.5 Å². The average Bonchev–Trinajstić information content (AvgIpc) is 2.87. The SMILES string of the molecule is CC1CN(C(=O)c2ccc(C#CCN)cc2)CC1N(C)C. The summed E-state index contributed by atoms with van der Waals surface area (Å²) in [6.07, 6.45) is 0. The molecular formula is C17H23N3O. The quantitative estimate of drug-likeness (QED) is 0.825. The van der Waals surface area contributed by atoms with E-state index in [4.69, 9.17) is 5.73 Å². The zero-order valence-electron chi connectivity index (χ0n) is 13.0. The molecule has 0 saturated carbocycles. The Balaban J connectivity index is 2.07. The summed E-state index contributed by atoms with van der Waals surface area (Å²) < 4.78 is 0. The van der Waals surface area contributed by atoms with Crippen LogP contribution in [0.1, 0.15) is 22.8 Å². The predicted octanol–water partition coefficient (Wildman–Crippen LogP) is 1.02. The van der Waals surface area contributed by atoms with Gasteiger partial charge in [0.2, 0.25) is 0 Å². The third-order valence-electron chi connectivity index (χ3n) is 3.99. The van der Waals surface area contributed by atoms with Crippen LogP contribution in [0.15, 0.2) is 24.3 Å². The molecule has 0 radical (unpaired) electrons. The third-order valence-corrected chi connectivity index (χ3v) is 3.99. The van der Waals surface area contributed by atoms with E-state index in [1.807, 2.05) is 29.2 Å². The zero-order chi connectivity index (χ0) is 15.4. The molecule has 1 aromatic carbocycles. The normalized spacial score (nSPS) is 21.3. The Morgan fingerprint density at radius 1 is 1.33 bits per heavy atom. The summed E-state index contributed by atoms with van der Waals surface area (Å²) in [4.78, 5) is 16.7. The van der Waals surface area contributed by atoms with Gasteiger partial charge in [0.25, 0.3) is 5.91 Å². The number of nitrogens with zero attached hydrogens (tertiary/aromatic N) is 2. The van der Waals surface area contributed by atoms with Crippen LogP contribution in [0.25, 0.3) is 0 Å². The van der Waals surface area contributed by atoms with Crippen LogP contribution in [-0.4, -0.2) is 55.5 Å². The van der Waals surface area contributed by atoms with E-state index < -0.39 is 0 Å². The molecule has 1 fully saturated rings. The Hall–Kier alpha value is -1.83. The van der Waals surface area contributed by atoms with Gasteiger partial charge in [-0.1, -0.05) is 18.8 Å². The van der Waals surface area contributed by atoms with Gasteiger partial charge in [-0.3, -0.25) is 4.79 Å². The van der Waals surface area contributed by atoms with Gasteiger partial charge in [0.1, 0.15) is 0 Å². The van der Waals surface area contributed by atoms with Crippen molar-refractivity contribution in [3.8, 4) is 11.8 Å². The molecule has 21 heavy (non-hydrogen) atoms. The topological polar surface area (TPSA) is 49.6 Å². The fraction of sp³-hybridized carbons (Fsp3) is 0.471. The lowest BCUT2D eigenvalue weighted by Crippen LogP contribution is -2.35. The first kappa shape index (κ1) is 15.6. The molecule has 2 unspecified atom stereocenters. The number of carbonyl (C=O) groups excluding carboxylic acids is 1. The smallest absolute Gasteiger partial charge is 0.253 e. The second kappa shape index (κ2) is 6.75. The number of hydrogen-bond donors (Lipinski definition) is 1. The summed E-state index contributed by atoms with van der Waals surface area (Å²) in [7, 11) is 4.14. The van der Waals surface area contributed by atoms with Crippen LogP contribution < -0.4 is 5.73 Å². The highest BCUT2D eigenvalue weighted by Crippen LogP contribution is 2.22. The van der Waals surface area contributed by atoms with Crippen LogP contribution in [0.5, 0.6) is 0 Å². The van der Waals surface area contributed by atoms with E-state index >= 15 is 0 Å². The molecule has 2 rings (SSSR count). The summed E-state index contributed by atoms with van der Waals surface area (Å²) in [6, 6.07) is 7.87. The first-order valence-corrected chi connectivity index (χ1v) is 7.27. The maximum absolute atomic E-state index is 12.5. The van der Waals surface area contributed by atoms with Crippen LogP contribution in [0.3, 0.4) is 0 Å². The van der Waals surface area contributed by atoms with Crippen LogP contribution >= 0.6 is 0 Å². The molecule has 4 nitrogen and oxygen atoms in total. The minimum Gasteiger partial charge on any atom is -0.337 e. The number of likely N-dealkylation sites (N-methyl/N-ethyl adjacent to an activating group) is 1. The number of amides is 1. The summed E-state index contributed by atoms with van der Waals surface area (Å²) in [5.74, 6) is 6.37. The molecule has 1 saturated heterocycles. The van der Waals surface area contributed by atoms with E-state index in [9.17, 15) is 4.79 Å². The minimum absolute atomic E-state index is 0.101. The molecule has 1 aliphatic heterocycles. The van der Waals surface area contributed by atoms with E-state index in [1.54, 1.807) is 0 Å². The lowest BCUT2D eigenvalue weighted by atomic mass is 10.1. The van der Waals surface area contributed by atoms with Crippen LogP contribution in [-0.2, 0) is 0 Å². The summed E-state index contributed by atoms with van der Waals surface area (Å²) >= 11 is 0. The summed E-state index contributed by atoms with van der Waals surface area (Å²) in [6.45, 7) is 4.15. The molecule has 1 aromatic rings. The van der Waals surface area contributed by atoms with Crippen molar-refractivity contribution in [1.82, 2.24) is 9.80 Å². The monoisotopic (exact) mass is 285 g/mol. The number of benzene rings is 1. The van der Waals surface area contributed by atoms with Crippen LogP contribution in [0, 0.1) is 17.8 Å². The van der Waals surface area contributed by atoms with Crippen molar-refractivity contribution in [1.29, 1.82) is 0 Å². The van der Waals surface area contributed by atoms with Crippen molar-refractivity contribution in [3.05, 3.63) is 35.4 Å². The number of likely N-dealkylation sites (tertiary alicyclic amines) is 1. The highest BCUT2D eigenvalue weighted by Gasteiger charge is 2.33. The van der Waals surface area contributed by atoms with Gasteiger partial charge in [-0.05, 0) is 44.3 Å². The number of rotatable bonds is 2. The molecule has 0 aliphatic carbocycles. The molecular weight excluding hydrogens is 262 g/mol. The fourth-order valence-corrected chi connectivity index (χ4v) is 2.82. The first-order chi connectivity index (χ1) is 10.0. The van der Waals surface area contributed by atoms with Gasteiger partial charge >= 0.3 is 0 Å². The van der Waals surface area contributed by atoms with Gasteiger partial charge in [-0.15, -0.1) is 0 Å². The number of hydrogen-bond acceptors (Lipinski definition) is 3. The fourth-order valence-electron chi connectivity index (χ4n) is 2.82. The van der Waals surface area contributed by atoms with Gasteiger partial charge in [-0.2, -0.15) is 0 Å². The van der Waals surface area contributed by atoms with E-state index in [0.717, 1.165) is 24.2 Å². The first-order valence-electron chi connectivity index (χ1n) is 7.27. The Labute approximate surface area is 126 Å². The molecule has 4 heteroatoms. The molecule has 1 amide bonds. The maximum atomic E-state index is 12.5. The lowest BCUT2D eigenvalue weighted by Gasteiger charge is -2.22. The molecule has 0 aromatic heterocycles. The Morgan fingerprint density at radius 2 is 2.00 bits per heavy atom. The van der Waals surface area contributed by atoms with Gasteiger partial charge in [-0.25, -0.2) is 0 Å². The van der Waals surface area contributed by atoms with Crippen molar-refractivity contribution >= 4 is 5.91 Å².